The van der Waals surface area contributed by atoms with E-state index >= 15 is 0 Å². The molecule has 0 aliphatic heterocycles. The molecule has 0 saturated heterocycles. The van der Waals surface area contributed by atoms with E-state index in [4.69, 9.17) is 0 Å². The van der Waals surface area contributed by atoms with E-state index < -0.39 is 6.04 Å². The molecule has 0 aliphatic carbocycles. The third-order valence-electron chi connectivity index (χ3n) is 3.84. The second-order valence-corrected chi connectivity index (χ2v) is 9.25. The fourth-order valence-electron chi connectivity index (χ4n) is 2.75. The Bertz CT molecular complexity index is 608. The van der Waals surface area contributed by atoms with Crippen molar-refractivity contribution in [2.24, 2.45) is 5.41 Å². The smallest absolute Gasteiger partial charge is 0.253 e. The predicted molar refractivity (Wildman–Crippen MR) is 114 cm³/mol. The lowest BCUT2D eigenvalue weighted by Crippen LogP contribution is -2.50. The van der Waals surface area contributed by atoms with Gasteiger partial charge in [0.05, 0.1) is 5.56 Å². The van der Waals surface area contributed by atoms with Gasteiger partial charge in [-0.25, -0.2) is 0 Å². The molecule has 1 aromatic carbocycles. The quantitative estimate of drug-likeness (QED) is 0.583. The van der Waals surface area contributed by atoms with Crippen LogP contribution in [-0.2, 0) is 4.79 Å². The summed E-state index contributed by atoms with van der Waals surface area (Å²) in [4.78, 5) is 27.3. The number of rotatable bonds is 10. The number of carbonyl (C=O) groups is 2. The molecule has 0 aromatic heterocycles. The highest BCUT2D eigenvalue weighted by atomic mass is 79.9. The monoisotopic (exact) mass is 443 g/mol. The fraction of sp³-hybridized carbons (Fsp3) is 0.579. The van der Waals surface area contributed by atoms with Gasteiger partial charge in [-0.3, -0.25) is 9.59 Å². The molecule has 0 saturated carbocycles. The molecule has 1 rings (SSSR count). The van der Waals surface area contributed by atoms with Crippen molar-refractivity contribution in [2.45, 2.75) is 26.3 Å². The number of nitrogens with zero attached hydrogens (tertiary/aromatic N) is 1. The lowest BCUT2D eigenvalue weighted by Gasteiger charge is -2.29. The van der Waals surface area contributed by atoms with E-state index in [0.29, 0.717) is 23.0 Å². The maximum absolute atomic E-state index is 12.7. The van der Waals surface area contributed by atoms with Crippen LogP contribution in [0, 0.1) is 5.41 Å². The van der Waals surface area contributed by atoms with Gasteiger partial charge in [-0.2, -0.15) is 11.8 Å². The summed E-state index contributed by atoms with van der Waals surface area (Å²) in [5.41, 5.74) is 0.484. The molecule has 5 nitrogen and oxygen atoms in total. The van der Waals surface area contributed by atoms with Gasteiger partial charge in [0.2, 0.25) is 5.91 Å². The highest BCUT2D eigenvalue weighted by molar-refractivity contribution is 9.10. The van der Waals surface area contributed by atoms with Gasteiger partial charge in [0, 0.05) is 17.6 Å². The van der Waals surface area contributed by atoms with Gasteiger partial charge < -0.3 is 15.5 Å². The van der Waals surface area contributed by atoms with Gasteiger partial charge in [0.25, 0.3) is 5.91 Å². The summed E-state index contributed by atoms with van der Waals surface area (Å²) in [6.07, 6.45) is 2.59. The minimum atomic E-state index is -0.544. The Morgan fingerprint density at radius 3 is 2.50 bits per heavy atom. The van der Waals surface area contributed by atoms with E-state index in [-0.39, 0.29) is 17.2 Å². The first kappa shape index (κ1) is 23.0. The van der Waals surface area contributed by atoms with Gasteiger partial charge in [0.1, 0.15) is 6.04 Å². The molecule has 0 bridgehead atoms. The summed E-state index contributed by atoms with van der Waals surface area (Å²) < 4.78 is 0.716. The largest absolute Gasteiger partial charge is 0.354 e. The van der Waals surface area contributed by atoms with Crippen LogP contribution in [0.5, 0.6) is 0 Å². The first-order valence-electron chi connectivity index (χ1n) is 8.63. The fourth-order valence-corrected chi connectivity index (χ4v) is 3.68. The summed E-state index contributed by atoms with van der Waals surface area (Å²) in [6, 6.07) is 6.67. The molecule has 0 aliphatic rings. The van der Waals surface area contributed by atoms with Gasteiger partial charge >= 0.3 is 0 Å². The number of hydrogen-bond donors (Lipinski definition) is 2. The van der Waals surface area contributed by atoms with E-state index in [1.807, 2.05) is 32.5 Å². The number of halogens is 1. The number of nitrogens with one attached hydrogen (secondary N) is 2. The summed E-state index contributed by atoms with van der Waals surface area (Å²) in [6.45, 7) is 5.66. The molecule has 1 aromatic rings. The second kappa shape index (κ2) is 10.9. The van der Waals surface area contributed by atoms with E-state index in [2.05, 4.69) is 45.3 Å². The van der Waals surface area contributed by atoms with Crippen molar-refractivity contribution in [3.63, 3.8) is 0 Å². The number of benzene rings is 1. The molecule has 0 fully saturated rings. The van der Waals surface area contributed by atoms with E-state index in [1.54, 1.807) is 23.9 Å². The normalized spacial score (nSPS) is 12.7. The maximum Gasteiger partial charge on any atom is 0.253 e. The molecule has 1 unspecified atom stereocenters. The summed E-state index contributed by atoms with van der Waals surface area (Å²) >= 11 is 5.04. The molecule has 2 N–H and O–H groups in total. The van der Waals surface area contributed by atoms with Crippen LogP contribution < -0.4 is 10.6 Å². The van der Waals surface area contributed by atoms with Crippen LogP contribution in [0.3, 0.4) is 0 Å². The second-order valence-electron chi connectivity index (χ2n) is 7.41. The lowest BCUT2D eigenvalue weighted by atomic mass is 9.93. The molecule has 0 heterocycles. The molecule has 26 heavy (non-hydrogen) atoms. The maximum atomic E-state index is 12.7. The first-order valence-corrected chi connectivity index (χ1v) is 10.8. The van der Waals surface area contributed by atoms with Gasteiger partial charge in [0.15, 0.2) is 0 Å². The van der Waals surface area contributed by atoms with Crippen LogP contribution in [0.2, 0.25) is 0 Å². The SMILES string of the molecule is CSCCC(NC(=O)c1ccccc1Br)C(=O)NCC(C)(C)CN(C)C. The topological polar surface area (TPSA) is 61.4 Å². The molecular formula is C19H30BrN3O2S. The Morgan fingerprint density at radius 1 is 1.27 bits per heavy atom. The minimum Gasteiger partial charge on any atom is -0.354 e. The van der Waals surface area contributed by atoms with Crippen LogP contribution in [-0.4, -0.2) is 61.9 Å². The van der Waals surface area contributed by atoms with E-state index in [9.17, 15) is 9.59 Å². The van der Waals surface area contributed by atoms with Crippen molar-refractivity contribution < 1.29 is 9.59 Å². The standard InChI is InChI=1S/C19H30BrN3O2S/c1-19(2,13-23(3)4)12-21-18(25)16(10-11-26-5)22-17(24)14-8-6-7-9-15(14)20/h6-9,16H,10-13H2,1-5H3,(H,21,25)(H,22,24). The Hall–Kier alpha value is -1.05. The van der Waals surface area contributed by atoms with Crippen molar-refractivity contribution in [2.75, 3.05) is 39.2 Å². The zero-order chi connectivity index (χ0) is 19.7. The molecule has 7 heteroatoms. The lowest BCUT2D eigenvalue weighted by molar-refractivity contribution is -0.123. The van der Waals surface area contributed by atoms with E-state index in [1.165, 1.54) is 0 Å². The Balaban J connectivity index is 2.74. The number of amides is 2. The van der Waals surface area contributed by atoms with Crippen LogP contribution >= 0.6 is 27.7 Å². The number of carbonyl (C=O) groups excluding carboxylic acids is 2. The van der Waals surface area contributed by atoms with Crippen LogP contribution in [0.1, 0.15) is 30.6 Å². The van der Waals surface area contributed by atoms with Crippen LogP contribution in [0.15, 0.2) is 28.7 Å². The summed E-state index contributed by atoms with van der Waals surface area (Å²) in [5, 5.41) is 5.89. The molecule has 0 spiro atoms. The molecule has 0 radical (unpaired) electrons. The Morgan fingerprint density at radius 2 is 1.92 bits per heavy atom. The third-order valence-corrected chi connectivity index (χ3v) is 5.17. The van der Waals surface area contributed by atoms with Gasteiger partial charge in [-0.05, 0) is 66.0 Å². The first-order chi connectivity index (χ1) is 12.2. The molecule has 146 valence electrons. The summed E-state index contributed by atoms with van der Waals surface area (Å²) in [7, 11) is 4.03. The molecule has 2 amide bonds. The Kier molecular flexibility index (Phi) is 9.68. The van der Waals surface area contributed by atoms with Crippen molar-refractivity contribution in [1.29, 1.82) is 0 Å². The summed E-state index contributed by atoms with van der Waals surface area (Å²) in [5.74, 6) is 0.424. The van der Waals surface area contributed by atoms with Gasteiger partial charge in [-0.15, -0.1) is 0 Å². The predicted octanol–water partition coefficient (Wildman–Crippen LogP) is 3.00. The number of thioether (sulfide) groups is 1. The Labute approximate surface area is 169 Å². The molecular weight excluding hydrogens is 414 g/mol. The zero-order valence-electron chi connectivity index (χ0n) is 16.3. The van der Waals surface area contributed by atoms with Crippen LogP contribution in [0.25, 0.3) is 0 Å². The van der Waals surface area contributed by atoms with Crippen molar-refractivity contribution in [3.8, 4) is 0 Å². The highest BCUT2D eigenvalue weighted by Crippen LogP contribution is 2.17. The highest BCUT2D eigenvalue weighted by Gasteiger charge is 2.25. The van der Waals surface area contributed by atoms with Crippen LogP contribution in [0.4, 0.5) is 0 Å². The minimum absolute atomic E-state index is 0.0459. The van der Waals surface area contributed by atoms with E-state index in [0.717, 1.165) is 12.3 Å². The van der Waals surface area contributed by atoms with Crippen molar-refractivity contribution >= 4 is 39.5 Å². The van der Waals surface area contributed by atoms with Gasteiger partial charge in [-0.1, -0.05) is 26.0 Å². The van der Waals surface area contributed by atoms with Crippen molar-refractivity contribution in [1.82, 2.24) is 15.5 Å². The molecule has 1 atom stereocenters. The third kappa shape index (κ3) is 8.10. The number of hydrogen-bond acceptors (Lipinski definition) is 4. The van der Waals surface area contributed by atoms with Crippen molar-refractivity contribution in [3.05, 3.63) is 34.3 Å². The zero-order valence-corrected chi connectivity index (χ0v) is 18.7. The average Bonchev–Trinajstić information content (AvgIpc) is 2.55. The average molecular weight is 444 g/mol.